The number of aliphatic imine (C=N–C) groups is 1. The van der Waals surface area contributed by atoms with Crippen molar-refractivity contribution in [3.63, 3.8) is 0 Å². The van der Waals surface area contributed by atoms with Gasteiger partial charge in [-0.05, 0) is 61.4 Å². The highest BCUT2D eigenvalue weighted by Crippen LogP contribution is 2.43. The van der Waals surface area contributed by atoms with Gasteiger partial charge in [0.2, 0.25) is 5.95 Å². The number of carbonyl (C=O) groups is 1. The van der Waals surface area contributed by atoms with Gasteiger partial charge in [-0.2, -0.15) is 4.39 Å². The van der Waals surface area contributed by atoms with Gasteiger partial charge in [-0.3, -0.25) is 9.69 Å². The van der Waals surface area contributed by atoms with Gasteiger partial charge in [-0.1, -0.05) is 12.1 Å². The second-order valence-corrected chi connectivity index (χ2v) is 7.61. The predicted octanol–water partition coefficient (Wildman–Crippen LogP) is 3.85. The van der Waals surface area contributed by atoms with Crippen LogP contribution in [0.4, 0.5) is 8.78 Å². The van der Waals surface area contributed by atoms with Crippen molar-refractivity contribution in [3.05, 3.63) is 77.6 Å². The van der Waals surface area contributed by atoms with Crippen molar-refractivity contribution >= 4 is 11.9 Å². The van der Waals surface area contributed by atoms with E-state index in [1.165, 1.54) is 48.5 Å². The van der Waals surface area contributed by atoms with Crippen LogP contribution in [0.5, 0.6) is 11.5 Å². The molecule has 4 rings (SSSR count). The summed E-state index contributed by atoms with van der Waals surface area (Å²) >= 11 is 0. The number of likely N-dealkylation sites (N-methyl/N-ethyl adjacent to an activating group) is 1. The third-order valence-corrected chi connectivity index (χ3v) is 5.63. The lowest BCUT2D eigenvalue weighted by atomic mass is 9.81. The van der Waals surface area contributed by atoms with E-state index >= 15 is 0 Å². The Morgan fingerprint density at radius 1 is 0.971 bits per heavy atom. The number of nitrogens with zero attached hydrogens (tertiary/aromatic N) is 3. The molecule has 2 aromatic carbocycles. The minimum Gasteiger partial charge on any atom is -0.490 e. The molecule has 2 heterocycles. The van der Waals surface area contributed by atoms with Gasteiger partial charge in [0.1, 0.15) is 5.82 Å². The van der Waals surface area contributed by atoms with Crippen molar-refractivity contribution in [2.45, 2.75) is 19.4 Å². The molecule has 0 fully saturated rings. The molecule has 0 spiro atoms. The summed E-state index contributed by atoms with van der Waals surface area (Å²) in [6, 6.07) is 12.0. The molecule has 3 aromatic rings. The molecule has 1 amide bonds. The van der Waals surface area contributed by atoms with Crippen LogP contribution >= 0.6 is 0 Å². The minimum absolute atomic E-state index is 0.00437. The molecule has 1 aliphatic rings. The van der Waals surface area contributed by atoms with E-state index < -0.39 is 23.2 Å². The van der Waals surface area contributed by atoms with Gasteiger partial charge in [0.15, 0.2) is 23.0 Å². The molecule has 0 bridgehead atoms. The lowest BCUT2D eigenvalue weighted by molar-refractivity contribution is -0.129. The summed E-state index contributed by atoms with van der Waals surface area (Å²) in [4.78, 5) is 23.0. The first kappa shape index (κ1) is 23.2. The Morgan fingerprint density at radius 2 is 1.65 bits per heavy atom. The number of rotatable bonds is 7. The summed E-state index contributed by atoms with van der Waals surface area (Å²) in [6.45, 7) is 4.48. The summed E-state index contributed by atoms with van der Waals surface area (Å²) in [7, 11) is 1.51. The van der Waals surface area contributed by atoms with Crippen LogP contribution in [0.15, 0.2) is 59.7 Å². The quantitative estimate of drug-likeness (QED) is 0.534. The highest BCUT2D eigenvalue weighted by Gasteiger charge is 2.50. The van der Waals surface area contributed by atoms with Gasteiger partial charge in [-0.25, -0.2) is 14.4 Å². The largest absolute Gasteiger partial charge is 0.490 e. The molecule has 0 saturated heterocycles. The molecule has 0 radical (unpaired) electrons. The van der Waals surface area contributed by atoms with Crippen LogP contribution < -0.4 is 15.2 Å². The Bertz CT molecular complexity index is 1280. The third-order valence-electron chi connectivity index (χ3n) is 5.63. The first-order chi connectivity index (χ1) is 16.3. The van der Waals surface area contributed by atoms with E-state index in [0.29, 0.717) is 35.8 Å². The summed E-state index contributed by atoms with van der Waals surface area (Å²) in [5.41, 5.74) is 5.10. The number of hydrogen-bond acceptors (Lipinski definition) is 6. The van der Waals surface area contributed by atoms with Gasteiger partial charge < -0.3 is 15.2 Å². The van der Waals surface area contributed by atoms with E-state index in [4.69, 9.17) is 15.2 Å². The Hall–Kier alpha value is -4.01. The number of halogens is 2. The van der Waals surface area contributed by atoms with Crippen LogP contribution in [0.3, 0.4) is 0 Å². The van der Waals surface area contributed by atoms with Crippen molar-refractivity contribution in [3.8, 4) is 22.6 Å². The van der Waals surface area contributed by atoms with Crippen molar-refractivity contribution in [1.82, 2.24) is 9.88 Å². The molecule has 1 aromatic heterocycles. The minimum atomic E-state index is -1.63. The van der Waals surface area contributed by atoms with Crippen LogP contribution in [-0.2, 0) is 10.3 Å². The van der Waals surface area contributed by atoms with E-state index in [2.05, 4.69) is 9.98 Å². The topological polar surface area (TPSA) is 90.0 Å². The first-order valence-corrected chi connectivity index (χ1v) is 10.8. The maximum Gasteiger partial charge on any atom is 0.266 e. The second-order valence-electron chi connectivity index (χ2n) is 7.61. The van der Waals surface area contributed by atoms with Crippen molar-refractivity contribution < 1.29 is 23.0 Å². The summed E-state index contributed by atoms with van der Waals surface area (Å²) < 4.78 is 40.6. The highest BCUT2D eigenvalue weighted by molar-refractivity contribution is 6.09. The smallest absolute Gasteiger partial charge is 0.266 e. The molecule has 176 valence electrons. The number of benzene rings is 2. The Labute approximate surface area is 195 Å². The van der Waals surface area contributed by atoms with E-state index in [9.17, 15) is 13.6 Å². The molecule has 1 unspecified atom stereocenters. The fraction of sp³-hybridized carbons (Fsp3) is 0.240. The summed E-state index contributed by atoms with van der Waals surface area (Å²) in [5, 5.41) is 0. The summed E-state index contributed by atoms with van der Waals surface area (Å²) in [5.74, 6) is -1.00. The van der Waals surface area contributed by atoms with Gasteiger partial charge >= 0.3 is 0 Å². The van der Waals surface area contributed by atoms with E-state index in [0.717, 1.165) is 0 Å². The molecule has 1 atom stereocenters. The predicted molar refractivity (Wildman–Crippen MR) is 124 cm³/mol. The number of hydrogen-bond donors (Lipinski definition) is 1. The zero-order valence-electron chi connectivity index (χ0n) is 19.0. The van der Waals surface area contributed by atoms with Crippen LogP contribution in [-0.4, -0.2) is 42.0 Å². The number of aromatic nitrogens is 1. The van der Waals surface area contributed by atoms with E-state index in [1.54, 1.807) is 18.2 Å². The molecule has 34 heavy (non-hydrogen) atoms. The molecule has 0 aliphatic carbocycles. The van der Waals surface area contributed by atoms with Gasteiger partial charge in [-0.15, -0.1) is 0 Å². The van der Waals surface area contributed by atoms with E-state index in [1.807, 2.05) is 13.8 Å². The second kappa shape index (κ2) is 9.09. The highest BCUT2D eigenvalue weighted by atomic mass is 19.1. The van der Waals surface area contributed by atoms with Crippen molar-refractivity contribution in [1.29, 1.82) is 0 Å². The Kier molecular flexibility index (Phi) is 6.19. The average molecular weight is 466 g/mol. The van der Waals surface area contributed by atoms with E-state index in [-0.39, 0.29) is 17.1 Å². The number of carbonyl (C=O) groups excluding carboxylic acids is 1. The van der Waals surface area contributed by atoms with Crippen molar-refractivity contribution in [2.75, 3.05) is 20.3 Å². The Morgan fingerprint density at radius 3 is 2.29 bits per heavy atom. The first-order valence-electron chi connectivity index (χ1n) is 10.8. The monoisotopic (exact) mass is 466 g/mol. The van der Waals surface area contributed by atoms with Crippen LogP contribution in [0.2, 0.25) is 0 Å². The molecule has 2 N–H and O–H groups in total. The fourth-order valence-electron chi connectivity index (χ4n) is 4.00. The molecule has 1 aliphatic heterocycles. The average Bonchev–Trinajstić information content (AvgIpc) is 3.06. The van der Waals surface area contributed by atoms with Crippen molar-refractivity contribution in [2.24, 2.45) is 10.7 Å². The van der Waals surface area contributed by atoms with Crippen LogP contribution in [0.25, 0.3) is 11.1 Å². The number of pyridine rings is 1. The molecular weight excluding hydrogens is 442 g/mol. The Balaban J connectivity index is 1.97. The maximum absolute atomic E-state index is 14.8. The lowest BCUT2D eigenvalue weighted by Crippen LogP contribution is -2.41. The standard InChI is InChI=1S/C25H24F2N4O3/c1-4-33-20-11-9-16(14-21(20)34-5-2)25(23(32)31(3)24(28)30-25)15-8-10-19(26)18(13-15)17-7-6-12-29-22(17)27/h6-14H,4-5H2,1-3H3,(H2,28,30). The maximum atomic E-state index is 14.8. The number of amides is 1. The number of ether oxygens (including phenoxy) is 2. The normalized spacial score (nSPS) is 17.6. The lowest BCUT2D eigenvalue weighted by Gasteiger charge is -2.27. The fourth-order valence-corrected chi connectivity index (χ4v) is 4.00. The van der Waals surface area contributed by atoms with Crippen LogP contribution in [0.1, 0.15) is 25.0 Å². The summed E-state index contributed by atoms with van der Waals surface area (Å²) in [6.07, 6.45) is 1.28. The zero-order chi connectivity index (χ0) is 24.5. The number of guanidine groups is 1. The van der Waals surface area contributed by atoms with Gasteiger partial charge in [0, 0.05) is 24.4 Å². The number of nitrogens with two attached hydrogens (primary N) is 1. The molecule has 7 nitrogen and oxygen atoms in total. The molecule has 0 saturated carbocycles. The third kappa shape index (κ3) is 3.72. The van der Waals surface area contributed by atoms with Gasteiger partial charge in [0.25, 0.3) is 5.91 Å². The SMILES string of the molecule is CCOc1ccc(C2(c3ccc(F)c(-c4cccnc4F)c3)N=C(N)N(C)C2=O)cc1OCC. The molecule has 9 heteroatoms. The van der Waals surface area contributed by atoms with Crippen LogP contribution in [0, 0.1) is 11.8 Å². The van der Waals surface area contributed by atoms with Gasteiger partial charge in [0.05, 0.1) is 13.2 Å². The zero-order valence-corrected chi connectivity index (χ0v) is 19.0. The molecular formula is C25H24F2N4O3.